The molecule has 306 valence electrons. The number of hydrogen-bond acceptors (Lipinski definition) is 9. The van der Waals surface area contributed by atoms with E-state index in [1.807, 2.05) is 13.8 Å². The molecule has 1 aliphatic rings. The van der Waals surface area contributed by atoms with Crippen molar-refractivity contribution in [3.05, 3.63) is 77.3 Å². The first-order chi connectivity index (χ1) is 26.7. The molecule has 0 bridgehead atoms. The third-order valence-corrected chi connectivity index (χ3v) is 11.9. The van der Waals surface area contributed by atoms with Crippen molar-refractivity contribution in [1.29, 1.82) is 0 Å². The van der Waals surface area contributed by atoms with E-state index >= 15 is 0 Å². The number of carbonyl (C=O) groups excluding carboxylic acids is 3. The first-order valence-corrected chi connectivity index (χ1v) is 21.0. The Balaban J connectivity index is 1.46. The lowest BCUT2D eigenvalue weighted by atomic mass is 10.0. The van der Waals surface area contributed by atoms with Gasteiger partial charge < -0.3 is 35.8 Å². The van der Waals surface area contributed by atoms with Gasteiger partial charge in [-0.15, -0.1) is 0 Å². The van der Waals surface area contributed by atoms with Gasteiger partial charge in [-0.05, 0) is 101 Å². The van der Waals surface area contributed by atoms with Crippen LogP contribution < -0.4 is 21.1 Å². The number of nitrogen functional groups attached to an aromatic ring is 1. The van der Waals surface area contributed by atoms with Crippen LogP contribution in [0.2, 0.25) is 5.02 Å². The van der Waals surface area contributed by atoms with Crippen molar-refractivity contribution in [2.24, 2.45) is 5.92 Å². The molecule has 13 nitrogen and oxygen atoms in total. The number of likely N-dealkylation sites (N-methyl/N-ethyl adjacent to an activating group) is 1. The number of anilines is 3. The fourth-order valence-corrected chi connectivity index (χ4v) is 7.70. The second-order valence-electron chi connectivity index (χ2n) is 14.5. The van der Waals surface area contributed by atoms with Gasteiger partial charge in [0.15, 0.2) is 0 Å². The minimum atomic E-state index is -3.87. The summed E-state index contributed by atoms with van der Waals surface area (Å²) in [6.07, 6.45) is 3.71. The van der Waals surface area contributed by atoms with Gasteiger partial charge in [-0.3, -0.25) is 14.4 Å². The Hall–Kier alpha value is -4.21. The molecule has 0 saturated carbocycles. The van der Waals surface area contributed by atoms with Crippen molar-refractivity contribution in [3.8, 4) is 5.75 Å². The number of para-hydroxylation sites is 2. The molecule has 0 spiro atoms. The Morgan fingerprint density at radius 1 is 1.00 bits per heavy atom. The fourth-order valence-electron chi connectivity index (χ4n) is 6.40. The number of rotatable bonds is 14. The van der Waals surface area contributed by atoms with Gasteiger partial charge in [-0.1, -0.05) is 37.1 Å². The third-order valence-electron chi connectivity index (χ3n) is 9.84. The molecule has 3 aromatic carbocycles. The zero-order valence-corrected chi connectivity index (χ0v) is 34.3. The average Bonchev–Trinajstić information content (AvgIpc) is 3.16. The number of benzene rings is 3. The lowest BCUT2D eigenvalue weighted by Crippen LogP contribution is -2.48. The summed E-state index contributed by atoms with van der Waals surface area (Å²) in [5, 5.41) is 16.4. The SMILES string of the molecule is C[C@@H]1CN([C@H](C)CO)C(=O)c2cc(NC(=O)CCCCCC(=O)Nc3ccccc3N)ccc2O[C@@H](C)CCCCO[C@@H]1CN(C)S(=O)(=O)c1ccc(Cl)cc1. The van der Waals surface area contributed by atoms with Crippen LogP contribution in [0.1, 0.15) is 82.5 Å². The normalized spacial score (nSPS) is 19.0. The van der Waals surface area contributed by atoms with Crippen LogP contribution >= 0.6 is 11.6 Å². The molecule has 4 atom stereocenters. The number of ether oxygens (including phenoxy) is 2. The monoisotopic (exact) mass is 813 g/mol. The molecule has 0 aromatic heterocycles. The summed E-state index contributed by atoms with van der Waals surface area (Å²) in [5.74, 6) is -0.786. The molecule has 0 unspecified atom stereocenters. The Bertz CT molecular complexity index is 1880. The second kappa shape index (κ2) is 21.4. The highest BCUT2D eigenvalue weighted by molar-refractivity contribution is 7.89. The topological polar surface area (TPSA) is 181 Å². The Morgan fingerprint density at radius 3 is 2.36 bits per heavy atom. The molecule has 1 aliphatic heterocycles. The van der Waals surface area contributed by atoms with Crippen LogP contribution in [0.15, 0.2) is 71.6 Å². The van der Waals surface area contributed by atoms with Gasteiger partial charge in [0.05, 0.1) is 46.7 Å². The van der Waals surface area contributed by atoms with Gasteiger partial charge >= 0.3 is 0 Å². The van der Waals surface area contributed by atoms with Gasteiger partial charge in [0.25, 0.3) is 5.91 Å². The molecular formula is C41H56ClN5O8S. The molecule has 0 aliphatic carbocycles. The number of sulfonamides is 1. The van der Waals surface area contributed by atoms with E-state index in [0.29, 0.717) is 73.0 Å². The molecule has 56 heavy (non-hydrogen) atoms. The standard InChI is InChI=1S/C41H56ClN5O8S/c1-28-25-47(29(2)27-48)41(51)34-24-32(44-39(49)15-6-5-7-16-40(50)45-36-14-9-8-13-35(36)43)19-22-37(34)55-30(3)12-10-11-23-54-38(28)26-46(4)56(52,53)33-20-17-31(42)18-21-33/h8-9,13-14,17-22,24,28-30,38,48H,5-7,10-12,15-16,23,25-27,43H2,1-4H3,(H,44,49)(H,45,50)/t28-,29-,30+,38-/m1/s1. The largest absolute Gasteiger partial charge is 0.490 e. The predicted octanol–water partition coefficient (Wildman–Crippen LogP) is 6.57. The van der Waals surface area contributed by atoms with Gasteiger partial charge in [-0.2, -0.15) is 4.31 Å². The minimum Gasteiger partial charge on any atom is -0.490 e. The van der Waals surface area contributed by atoms with Crippen molar-refractivity contribution in [2.75, 3.05) is 49.7 Å². The number of unbranched alkanes of at least 4 members (excludes halogenated alkanes) is 2. The lowest BCUT2D eigenvalue weighted by Gasteiger charge is -2.35. The number of nitrogens with one attached hydrogen (secondary N) is 2. The first-order valence-electron chi connectivity index (χ1n) is 19.2. The van der Waals surface area contributed by atoms with E-state index in [0.717, 1.165) is 6.42 Å². The average molecular weight is 814 g/mol. The Labute approximate surface area is 335 Å². The second-order valence-corrected chi connectivity index (χ2v) is 17.0. The molecule has 3 amide bonds. The number of aliphatic hydroxyl groups excluding tert-OH is 1. The molecule has 1 heterocycles. The van der Waals surface area contributed by atoms with Crippen LogP contribution in [0, 0.1) is 5.92 Å². The van der Waals surface area contributed by atoms with Crippen molar-refractivity contribution in [3.63, 3.8) is 0 Å². The minimum absolute atomic E-state index is 0.0317. The number of nitrogens with zero attached hydrogens (tertiary/aromatic N) is 2. The van der Waals surface area contributed by atoms with Crippen LogP contribution in [0.5, 0.6) is 5.75 Å². The molecule has 15 heteroatoms. The summed E-state index contributed by atoms with van der Waals surface area (Å²) in [7, 11) is -2.37. The molecular weight excluding hydrogens is 758 g/mol. The van der Waals surface area contributed by atoms with Gasteiger partial charge in [0.2, 0.25) is 21.8 Å². The van der Waals surface area contributed by atoms with Crippen molar-refractivity contribution < 1.29 is 37.4 Å². The molecule has 3 aromatic rings. The van der Waals surface area contributed by atoms with Gasteiger partial charge in [0, 0.05) is 56.2 Å². The number of fused-ring (bicyclic) bond motifs is 1. The number of carbonyl (C=O) groups is 3. The number of amides is 3. The molecule has 5 N–H and O–H groups in total. The zero-order valence-electron chi connectivity index (χ0n) is 32.7. The highest BCUT2D eigenvalue weighted by Gasteiger charge is 2.32. The summed E-state index contributed by atoms with van der Waals surface area (Å²) in [5.41, 5.74) is 7.61. The van der Waals surface area contributed by atoms with E-state index in [1.54, 1.807) is 54.3 Å². The molecule has 0 saturated heterocycles. The van der Waals surface area contributed by atoms with Crippen molar-refractivity contribution in [1.82, 2.24) is 9.21 Å². The fraction of sp³-hybridized carbons (Fsp3) is 0.488. The molecule has 0 fully saturated rings. The van der Waals surface area contributed by atoms with E-state index in [2.05, 4.69) is 10.6 Å². The Morgan fingerprint density at radius 2 is 1.68 bits per heavy atom. The summed E-state index contributed by atoms with van der Waals surface area (Å²) in [6, 6.07) is 17.4. The van der Waals surface area contributed by atoms with Crippen molar-refractivity contribution >= 4 is 56.4 Å². The summed E-state index contributed by atoms with van der Waals surface area (Å²) in [6.45, 7) is 5.79. The number of nitrogens with two attached hydrogens (primary N) is 1. The number of halogens is 1. The zero-order chi connectivity index (χ0) is 40.8. The predicted molar refractivity (Wildman–Crippen MR) is 219 cm³/mol. The quantitative estimate of drug-likeness (QED) is 0.104. The van der Waals surface area contributed by atoms with E-state index in [-0.39, 0.29) is 60.4 Å². The van der Waals surface area contributed by atoms with E-state index in [4.69, 9.17) is 26.8 Å². The molecule has 0 radical (unpaired) electrons. The smallest absolute Gasteiger partial charge is 0.258 e. The summed E-state index contributed by atoms with van der Waals surface area (Å²) in [4.78, 5) is 41.4. The van der Waals surface area contributed by atoms with Gasteiger partial charge in [-0.25, -0.2) is 8.42 Å². The third kappa shape index (κ3) is 12.9. The maximum Gasteiger partial charge on any atom is 0.258 e. The maximum atomic E-state index is 14.5. The summed E-state index contributed by atoms with van der Waals surface area (Å²) >= 11 is 6.00. The first kappa shape index (κ1) is 44.5. The van der Waals surface area contributed by atoms with E-state index in [9.17, 15) is 27.9 Å². The van der Waals surface area contributed by atoms with Crippen LogP contribution in [0.25, 0.3) is 0 Å². The van der Waals surface area contributed by atoms with Crippen LogP contribution in [-0.2, 0) is 24.3 Å². The highest BCUT2D eigenvalue weighted by atomic mass is 35.5. The highest BCUT2D eigenvalue weighted by Crippen LogP contribution is 2.29. The van der Waals surface area contributed by atoms with Gasteiger partial charge in [0.1, 0.15) is 5.75 Å². The van der Waals surface area contributed by atoms with Crippen LogP contribution in [-0.4, -0.2) is 92.1 Å². The van der Waals surface area contributed by atoms with Crippen molar-refractivity contribution in [2.45, 2.75) is 95.3 Å². The van der Waals surface area contributed by atoms with E-state index < -0.39 is 28.1 Å². The number of hydrogen-bond donors (Lipinski definition) is 4. The summed E-state index contributed by atoms with van der Waals surface area (Å²) < 4.78 is 40.8. The van der Waals surface area contributed by atoms with E-state index in [1.165, 1.54) is 35.6 Å². The number of aliphatic hydroxyl groups is 1. The lowest BCUT2D eigenvalue weighted by molar-refractivity contribution is -0.116. The van der Waals surface area contributed by atoms with Crippen LogP contribution in [0.3, 0.4) is 0 Å². The Kier molecular flexibility index (Phi) is 17.0. The van der Waals surface area contributed by atoms with Crippen LogP contribution in [0.4, 0.5) is 17.1 Å². The maximum absolute atomic E-state index is 14.5. The molecule has 4 rings (SSSR count).